The molecule has 3 aliphatic rings. The molecule has 1 aromatic carbocycles. The Balaban J connectivity index is 1.65. The van der Waals surface area contributed by atoms with Gasteiger partial charge in [0, 0.05) is 44.0 Å². The fourth-order valence-electron chi connectivity index (χ4n) is 4.96. The summed E-state index contributed by atoms with van der Waals surface area (Å²) < 4.78 is 16.8. The largest absolute Gasteiger partial charge is 0.500 e. The summed E-state index contributed by atoms with van der Waals surface area (Å²) in [5, 5.41) is 0.436. The van der Waals surface area contributed by atoms with Gasteiger partial charge in [0.2, 0.25) is 0 Å². The van der Waals surface area contributed by atoms with Gasteiger partial charge in [-0.1, -0.05) is 17.7 Å². The molecule has 1 fully saturated rings. The fourth-order valence-corrected chi connectivity index (χ4v) is 5.31. The molecule has 0 aliphatic carbocycles. The highest BCUT2D eigenvalue weighted by Crippen LogP contribution is 2.40. The summed E-state index contributed by atoms with van der Waals surface area (Å²) in [6.07, 6.45) is 3.07. The van der Waals surface area contributed by atoms with E-state index in [1.165, 1.54) is 7.11 Å². The summed E-state index contributed by atoms with van der Waals surface area (Å²) >= 11 is 6.86. The molecule has 0 spiro atoms. The van der Waals surface area contributed by atoms with Crippen molar-refractivity contribution in [3.8, 4) is 0 Å². The summed E-state index contributed by atoms with van der Waals surface area (Å²) in [6, 6.07) is 2.05. The van der Waals surface area contributed by atoms with E-state index in [9.17, 15) is 9.59 Å². The van der Waals surface area contributed by atoms with Crippen LogP contribution in [0, 0.1) is 18.8 Å². The zero-order valence-corrected chi connectivity index (χ0v) is 19.7. The maximum atomic E-state index is 13.6. The molecular formula is C24H29ClN2O5. The van der Waals surface area contributed by atoms with Gasteiger partial charge < -0.3 is 19.1 Å². The lowest BCUT2D eigenvalue weighted by molar-refractivity contribution is -0.122. The Bertz CT molecular complexity index is 997. The topological polar surface area (TPSA) is 77.4 Å². The number of ether oxygens (including phenoxy) is 3. The summed E-state index contributed by atoms with van der Waals surface area (Å²) in [5.41, 5.74) is 3.93. The van der Waals surface area contributed by atoms with Crippen LogP contribution in [0.15, 0.2) is 22.9 Å². The monoisotopic (exact) mass is 460 g/mol. The molecule has 172 valence electrons. The zero-order chi connectivity index (χ0) is 23.0. The van der Waals surface area contributed by atoms with E-state index in [0.717, 1.165) is 23.1 Å². The molecule has 1 unspecified atom stereocenters. The van der Waals surface area contributed by atoms with Crippen molar-refractivity contribution in [3.05, 3.63) is 45.2 Å². The minimum absolute atomic E-state index is 0.173. The quantitative estimate of drug-likeness (QED) is 0.649. The predicted octanol–water partition coefficient (Wildman–Crippen LogP) is 3.52. The minimum atomic E-state index is -0.611. The molecule has 0 bridgehead atoms. The number of amides is 2. The number of halogens is 1. The molecule has 32 heavy (non-hydrogen) atoms. The van der Waals surface area contributed by atoms with Gasteiger partial charge in [-0.15, -0.1) is 0 Å². The van der Waals surface area contributed by atoms with Crippen LogP contribution >= 0.6 is 11.6 Å². The molecule has 4 rings (SSSR count). The fraction of sp³-hybridized carbons (Fsp3) is 0.542. The highest BCUT2D eigenvalue weighted by atomic mass is 35.5. The molecule has 3 atom stereocenters. The normalized spacial score (nSPS) is 24.2. The third kappa shape index (κ3) is 4.09. The minimum Gasteiger partial charge on any atom is -0.500 e. The molecule has 8 heteroatoms. The van der Waals surface area contributed by atoms with Gasteiger partial charge in [-0.25, -0.2) is 4.99 Å². The van der Waals surface area contributed by atoms with Crippen molar-refractivity contribution in [1.29, 1.82) is 0 Å². The number of benzene rings is 1. The number of fused-ring (bicyclic) bond motifs is 1. The van der Waals surface area contributed by atoms with Gasteiger partial charge in [0.05, 0.1) is 30.4 Å². The smallest absolute Gasteiger partial charge is 0.258 e. The summed E-state index contributed by atoms with van der Waals surface area (Å²) in [4.78, 5) is 31.9. The number of nitrogens with zero attached hydrogens (tertiary/aromatic N) is 2. The van der Waals surface area contributed by atoms with E-state index in [1.807, 2.05) is 13.0 Å². The molecule has 3 heterocycles. The predicted molar refractivity (Wildman–Crippen MR) is 121 cm³/mol. The van der Waals surface area contributed by atoms with Crippen LogP contribution in [0.5, 0.6) is 0 Å². The highest BCUT2D eigenvalue weighted by Gasteiger charge is 2.37. The number of aliphatic imine (C=N–C) groups is 1. The number of hydrogen-bond donors (Lipinski definition) is 0. The first-order valence-corrected chi connectivity index (χ1v) is 11.3. The average molecular weight is 461 g/mol. The average Bonchev–Trinajstić information content (AvgIpc) is 3.29. The first kappa shape index (κ1) is 23.0. The van der Waals surface area contributed by atoms with E-state index in [1.54, 1.807) is 25.0 Å². The summed E-state index contributed by atoms with van der Waals surface area (Å²) in [6.45, 7) is 5.79. The van der Waals surface area contributed by atoms with Crippen molar-refractivity contribution in [2.45, 2.75) is 32.8 Å². The van der Waals surface area contributed by atoms with Gasteiger partial charge in [0.1, 0.15) is 11.7 Å². The van der Waals surface area contributed by atoms with Gasteiger partial charge in [-0.3, -0.25) is 9.59 Å². The van der Waals surface area contributed by atoms with Gasteiger partial charge in [-0.05, 0) is 43.9 Å². The first-order valence-electron chi connectivity index (χ1n) is 10.9. The molecule has 2 amide bonds. The Hall–Kier alpha value is -2.22. The standard InChI is InChI=1S/C24H29ClN2O5/c1-13-9-17(22(31-4)15-6-8-32-12-15)21(25)20-16(13)5-7-27(24(20)29)11-18-19(30-3)10-14(2)26-23(18)28/h9-10,15,18,22H,5-8,11-12H2,1-4H3/t15-,18?,22-/m1/s1. The van der Waals surface area contributed by atoms with Crippen LogP contribution in [0.2, 0.25) is 5.02 Å². The molecular weight excluding hydrogens is 432 g/mol. The Morgan fingerprint density at radius 3 is 2.75 bits per heavy atom. The molecule has 0 aromatic heterocycles. The molecule has 1 aromatic rings. The van der Waals surface area contributed by atoms with E-state index < -0.39 is 5.92 Å². The van der Waals surface area contributed by atoms with E-state index in [2.05, 4.69) is 4.99 Å². The second kappa shape index (κ2) is 9.33. The van der Waals surface area contributed by atoms with Crippen molar-refractivity contribution >= 4 is 29.1 Å². The van der Waals surface area contributed by atoms with Gasteiger partial charge in [0.25, 0.3) is 11.8 Å². The second-order valence-electron chi connectivity index (χ2n) is 8.63. The third-order valence-corrected chi connectivity index (χ3v) is 7.03. The highest BCUT2D eigenvalue weighted by molar-refractivity contribution is 6.35. The second-order valence-corrected chi connectivity index (χ2v) is 9.00. The SMILES string of the molecule is COC1=CC(C)=NC(=O)C1CN1CCc2c(C)cc([C@H](OC)[C@@H]3CCOC3)c(Cl)c2C1=O. The first-order chi connectivity index (χ1) is 15.3. The zero-order valence-electron chi connectivity index (χ0n) is 18.9. The Labute approximate surface area is 193 Å². The number of dihydropyridines is 1. The van der Waals surface area contributed by atoms with E-state index in [-0.39, 0.29) is 30.4 Å². The maximum Gasteiger partial charge on any atom is 0.258 e. The van der Waals surface area contributed by atoms with Crippen molar-refractivity contribution in [1.82, 2.24) is 4.90 Å². The van der Waals surface area contributed by atoms with Crippen molar-refractivity contribution in [2.75, 3.05) is 40.5 Å². The van der Waals surface area contributed by atoms with E-state index in [0.29, 0.717) is 48.2 Å². The van der Waals surface area contributed by atoms with E-state index >= 15 is 0 Å². The van der Waals surface area contributed by atoms with Gasteiger partial charge in [0.15, 0.2) is 0 Å². The van der Waals surface area contributed by atoms with Crippen LogP contribution in [0.25, 0.3) is 0 Å². The van der Waals surface area contributed by atoms with Crippen LogP contribution in [-0.2, 0) is 25.4 Å². The number of aryl methyl sites for hydroxylation is 1. The number of carbonyl (C=O) groups is 2. The summed E-state index contributed by atoms with van der Waals surface area (Å²) in [5.74, 6) is -0.358. The lowest BCUT2D eigenvalue weighted by Gasteiger charge is -2.34. The Morgan fingerprint density at radius 2 is 2.09 bits per heavy atom. The number of allylic oxidation sites excluding steroid dienone is 1. The molecule has 1 saturated heterocycles. The molecule has 0 saturated carbocycles. The lowest BCUT2D eigenvalue weighted by atomic mass is 9.87. The Morgan fingerprint density at radius 1 is 1.31 bits per heavy atom. The number of methoxy groups -OCH3 is 2. The van der Waals surface area contributed by atoms with Crippen LogP contribution in [0.3, 0.4) is 0 Å². The molecule has 3 aliphatic heterocycles. The number of hydrogen-bond acceptors (Lipinski definition) is 5. The Kier molecular flexibility index (Phi) is 6.70. The van der Waals surface area contributed by atoms with Crippen LogP contribution in [-0.4, -0.2) is 62.9 Å². The lowest BCUT2D eigenvalue weighted by Crippen LogP contribution is -2.43. The van der Waals surface area contributed by atoms with Gasteiger partial charge in [-0.2, -0.15) is 0 Å². The van der Waals surface area contributed by atoms with E-state index in [4.69, 9.17) is 25.8 Å². The van der Waals surface area contributed by atoms with Crippen LogP contribution in [0.4, 0.5) is 0 Å². The van der Waals surface area contributed by atoms with Crippen LogP contribution < -0.4 is 0 Å². The number of rotatable bonds is 6. The molecule has 0 N–H and O–H groups in total. The summed E-state index contributed by atoms with van der Waals surface area (Å²) in [7, 11) is 3.19. The van der Waals surface area contributed by atoms with Crippen molar-refractivity contribution < 1.29 is 23.8 Å². The van der Waals surface area contributed by atoms with Crippen LogP contribution in [0.1, 0.15) is 46.5 Å². The third-order valence-electron chi connectivity index (χ3n) is 6.63. The number of carbonyl (C=O) groups excluding carboxylic acids is 2. The van der Waals surface area contributed by atoms with Crippen molar-refractivity contribution in [3.63, 3.8) is 0 Å². The molecule has 0 radical (unpaired) electrons. The van der Waals surface area contributed by atoms with Crippen molar-refractivity contribution in [2.24, 2.45) is 16.8 Å². The maximum absolute atomic E-state index is 13.6. The van der Waals surface area contributed by atoms with Gasteiger partial charge >= 0.3 is 0 Å². The molecule has 7 nitrogen and oxygen atoms in total.